The summed E-state index contributed by atoms with van der Waals surface area (Å²) in [5.41, 5.74) is 0. The van der Waals surface area contributed by atoms with E-state index in [1.54, 1.807) is 6.26 Å². The van der Waals surface area contributed by atoms with Crippen molar-refractivity contribution in [3.63, 3.8) is 0 Å². The molecule has 1 aromatic rings. The number of furan rings is 1. The molecule has 0 spiro atoms. The van der Waals surface area contributed by atoms with Crippen LogP contribution in [0.4, 0.5) is 0 Å². The van der Waals surface area contributed by atoms with Crippen LogP contribution in [0.3, 0.4) is 0 Å². The molecule has 1 saturated heterocycles. The van der Waals surface area contributed by atoms with Gasteiger partial charge in [-0.1, -0.05) is 6.92 Å². The Morgan fingerprint density at radius 2 is 2.41 bits per heavy atom. The topological polar surface area (TPSA) is 45.5 Å². The van der Waals surface area contributed by atoms with Crippen molar-refractivity contribution in [2.24, 2.45) is 11.8 Å². The zero-order chi connectivity index (χ0) is 12.3. The van der Waals surface area contributed by atoms with Crippen LogP contribution in [0.15, 0.2) is 22.8 Å². The van der Waals surface area contributed by atoms with Crippen molar-refractivity contribution in [2.75, 3.05) is 19.6 Å². The predicted molar refractivity (Wildman–Crippen MR) is 65.3 cm³/mol. The fraction of sp³-hybridized carbons (Fsp3) is 0.615. The van der Waals surface area contributed by atoms with Gasteiger partial charge in [-0.15, -0.1) is 0 Å². The van der Waals surface area contributed by atoms with Gasteiger partial charge < -0.3 is 14.6 Å². The summed E-state index contributed by atoms with van der Waals surface area (Å²) in [7, 11) is 0. The fourth-order valence-electron chi connectivity index (χ4n) is 2.31. The van der Waals surface area contributed by atoms with Gasteiger partial charge in [-0.3, -0.25) is 4.79 Å². The van der Waals surface area contributed by atoms with E-state index in [4.69, 9.17) is 4.42 Å². The summed E-state index contributed by atoms with van der Waals surface area (Å²) >= 11 is 0. The Bertz CT molecular complexity index is 362. The molecule has 1 fully saturated rings. The molecule has 0 radical (unpaired) electrons. The van der Waals surface area contributed by atoms with E-state index < -0.39 is 0 Å². The zero-order valence-electron chi connectivity index (χ0n) is 10.5. The van der Waals surface area contributed by atoms with Gasteiger partial charge in [-0.2, -0.15) is 0 Å². The lowest BCUT2D eigenvalue weighted by molar-refractivity contribution is -0.136. The Morgan fingerprint density at radius 3 is 2.94 bits per heavy atom. The number of rotatable bonds is 4. The second kappa shape index (κ2) is 5.36. The summed E-state index contributed by atoms with van der Waals surface area (Å²) < 4.78 is 5.30. The first-order valence-corrected chi connectivity index (χ1v) is 6.24. The number of amides is 1. The van der Waals surface area contributed by atoms with Gasteiger partial charge in [0, 0.05) is 13.1 Å². The Morgan fingerprint density at radius 1 is 1.59 bits per heavy atom. The lowest BCUT2D eigenvalue weighted by Gasteiger charge is -2.24. The van der Waals surface area contributed by atoms with E-state index >= 15 is 0 Å². The van der Waals surface area contributed by atoms with Crippen LogP contribution in [0.25, 0.3) is 0 Å². The summed E-state index contributed by atoms with van der Waals surface area (Å²) in [4.78, 5) is 14.2. The number of carbonyl (C=O) groups is 1. The fourth-order valence-corrected chi connectivity index (χ4v) is 2.31. The molecule has 1 N–H and O–H groups in total. The Balaban J connectivity index is 2.00. The molecule has 0 aliphatic carbocycles. The van der Waals surface area contributed by atoms with E-state index in [1.807, 2.05) is 24.0 Å². The van der Waals surface area contributed by atoms with E-state index in [1.165, 1.54) is 0 Å². The summed E-state index contributed by atoms with van der Waals surface area (Å²) in [6, 6.07) is 3.76. The number of hydrogen-bond acceptors (Lipinski definition) is 3. The van der Waals surface area contributed by atoms with Crippen molar-refractivity contribution in [2.45, 2.75) is 20.4 Å². The Labute approximate surface area is 102 Å². The monoisotopic (exact) mass is 236 g/mol. The van der Waals surface area contributed by atoms with Crippen LogP contribution in [0, 0.1) is 11.8 Å². The van der Waals surface area contributed by atoms with Crippen molar-refractivity contribution in [3.05, 3.63) is 24.2 Å². The van der Waals surface area contributed by atoms with Gasteiger partial charge in [0.15, 0.2) is 0 Å². The molecule has 2 atom stereocenters. The molecule has 1 aromatic heterocycles. The van der Waals surface area contributed by atoms with Crippen LogP contribution in [-0.4, -0.2) is 30.4 Å². The molecule has 0 saturated carbocycles. The maximum Gasteiger partial charge on any atom is 0.227 e. The van der Waals surface area contributed by atoms with Crippen molar-refractivity contribution in [3.8, 4) is 0 Å². The first kappa shape index (κ1) is 12.2. The smallest absolute Gasteiger partial charge is 0.227 e. The normalized spacial score (nSPS) is 23.9. The van der Waals surface area contributed by atoms with Crippen molar-refractivity contribution < 1.29 is 9.21 Å². The van der Waals surface area contributed by atoms with Crippen molar-refractivity contribution in [1.29, 1.82) is 0 Å². The van der Waals surface area contributed by atoms with Gasteiger partial charge in [-0.05, 0) is 31.5 Å². The molecule has 1 aliphatic heterocycles. The van der Waals surface area contributed by atoms with Gasteiger partial charge in [0.1, 0.15) is 5.76 Å². The highest BCUT2D eigenvalue weighted by Gasteiger charge is 2.32. The largest absolute Gasteiger partial charge is 0.467 e. The molecule has 2 rings (SSSR count). The summed E-state index contributed by atoms with van der Waals surface area (Å²) in [5, 5.41) is 3.27. The van der Waals surface area contributed by atoms with E-state index in [2.05, 4.69) is 12.2 Å². The highest BCUT2D eigenvalue weighted by molar-refractivity contribution is 5.79. The summed E-state index contributed by atoms with van der Waals surface area (Å²) in [5.74, 6) is 1.62. The first-order chi connectivity index (χ1) is 8.22. The van der Waals surface area contributed by atoms with Gasteiger partial charge in [-0.25, -0.2) is 0 Å². The maximum atomic E-state index is 12.4. The van der Waals surface area contributed by atoms with Crippen LogP contribution in [0.2, 0.25) is 0 Å². The molecule has 0 aromatic carbocycles. The van der Waals surface area contributed by atoms with Gasteiger partial charge >= 0.3 is 0 Å². The van der Waals surface area contributed by atoms with Crippen molar-refractivity contribution in [1.82, 2.24) is 10.2 Å². The minimum absolute atomic E-state index is 0.116. The average Bonchev–Trinajstić information content (AvgIpc) is 2.96. The second-order valence-electron chi connectivity index (χ2n) is 4.67. The summed E-state index contributed by atoms with van der Waals surface area (Å²) in [6.45, 7) is 7.18. The molecule has 1 amide bonds. The van der Waals surface area contributed by atoms with E-state index in [0.717, 1.165) is 25.4 Å². The van der Waals surface area contributed by atoms with Crippen LogP contribution in [0.1, 0.15) is 19.6 Å². The van der Waals surface area contributed by atoms with Crippen LogP contribution >= 0.6 is 0 Å². The molecular weight excluding hydrogens is 216 g/mol. The van der Waals surface area contributed by atoms with Crippen LogP contribution in [-0.2, 0) is 11.3 Å². The van der Waals surface area contributed by atoms with E-state index in [9.17, 15) is 4.79 Å². The van der Waals surface area contributed by atoms with Gasteiger partial charge in [0.05, 0.1) is 18.7 Å². The second-order valence-corrected chi connectivity index (χ2v) is 4.67. The molecule has 0 bridgehead atoms. The standard InChI is InChI=1S/C13H20N2O2/c1-3-15(9-11-5-4-6-17-11)13(16)12-8-14-7-10(12)2/h4-6,10,12,14H,3,7-9H2,1-2H3. The third kappa shape index (κ3) is 2.69. The predicted octanol–water partition coefficient (Wildman–Crippen LogP) is 1.48. The van der Waals surface area contributed by atoms with Crippen molar-refractivity contribution >= 4 is 5.91 Å². The molecule has 1 aliphatic rings. The lowest BCUT2D eigenvalue weighted by Crippen LogP contribution is -2.38. The highest BCUT2D eigenvalue weighted by atomic mass is 16.3. The first-order valence-electron chi connectivity index (χ1n) is 6.24. The number of nitrogens with one attached hydrogen (secondary N) is 1. The third-order valence-corrected chi connectivity index (χ3v) is 3.45. The molecule has 4 heteroatoms. The highest BCUT2D eigenvalue weighted by Crippen LogP contribution is 2.19. The van der Waals surface area contributed by atoms with Gasteiger partial charge in [0.25, 0.3) is 0 Å². The van der Waals surface area contributed by atoms with Crippen LogP contribution in [0.5, 0.6) is 0 Å². The minimum atomic E-state index is 0.116. The number of hydrogen-bond donors (Lipinski definition) is 1. The van der Waals surface area contributed by atoms with E-state index in [-0.39, 0.29) is 11.8 Å². The van der Waals surface area contributed by atoms with Gasteiger partial charge in [0.2, 0.25) is 5.91 Å². The van der Waals surface area contributed by atoms with E-state index in [0.29, 0.717) is 12.5 Å². The average molecular weight is 236 g/mol. The molecule has 94 valence electrons. The SMILES string of the molecule is CCN(Cc1ccco1)C(=O)C1CNCC1C. The number of nitrogens with zero attached hydrogens (tertiary/aromatic N) is 1. The summed E-state index contributed by atoms with van der Waals surface area (Å²) in [6.07, 6.45) is 1.65. The molecular formula is C13H20N2O2. The molecule has 2 unspecified atom stereocenters. The zero-order valence-corrected chi connectivity index (χ0v) is 10.5. The lowest BCUT2D eigenvalue weighted by atomic mass is 9.96. The third-order valence-electron chi connectivity index (χ3n) is 3.45. The quantitative estimate of drug-likeness (QED) is 0.861. The van der Waals surface area contributed by atoms with Crippen LogP contribution < -0.4 is 5.32 Å². The molecule has 4 nitrogen and oxygen atoms in total. The Kier molecular flexibility index (Phi) is 3.84. The molecule has 17 heavy (non-hydrogen) atoms. The molecule has 2 heterocycles. The minimum Gasteiger partial charge on any atom is -0.467 e. The Hall–Kier alpha value is -1.29. The number of carbonyl (C=O) groups excluding carboxylic acids is 1. The maximum absolute atomic E-state index is 12.4.